The van der Waals surface area contributed by atoms with Crippen LogP contribution in [0, 0.1) is 6.92 Å². The maximum absolute atomic E-state index is 13.4. The van der Waals surface area contributed by atoms with E-state index in [-0.39, 0.29) is 30.9 Å². The maximum atomic E-state index is 13.4. The predicted molar refractivity (Wildman–Crippen MR) is 168 cm³/mol. The van der Waals surface area contributed by atoms with Crippen LogP contribution >= 0.6 is 24.0 Å². The summed E-state index contributed by atoms with van der Waals surface area (Å²) in [5.41, 5.74) is 2.78. The highest BCUT2D eigenvalue weighted by atomic mass is 35.5. The van der Waals surface area contributed by atoms with Gasteiger partial charge in [0.15, 0.2) is 0 Å². The van der Waals surface area contributed by atoms with E-state index in [0.29, 0.717) is 35.9 Å². The summed E-state index contributed by atoms with van der Waals surface area (Å²) in [6.07, 6.45) is 2.22. The van der Waals surface area contributed by atoms with Crippen LogP contribution in [0.4, 0.5) is 0 Å². The Morgan fingerprint density at radius 1 is 1.07 bits per heavy atom. The number of pyridine rings is 1. The molecule has 1 aromatic heterocycles. The number of carboxylic acid groups (broad SMARTS) is 1. The van der Waals surface area contributed by atoms with Crippen molar-refractivity contribution in [2.75, 3.05) is 27.2 Å². The summed E-state index contributed by atoms with van der Waals surface area (Å²) in [5.74, 6) is -1.15. The number of aliphatic hydroxyl groups excluding tert-OH is 1. The lowest BCUT2D eigenvalue weighted by Crippen LogP contribution is -2.57. The van der Waals surface area contributed by atoms with Gasteiger partial charge in [0.2, 0.25) is 0 Å². The first-order chi connectivity index (χ1) is 19.6. The molecule has 1 aliphatic carbocycles. The fourth-order valence-electron chi connectivity index (χ4n) is 5.14. The van der Waals surface area contributed by atoms with E-state index in [4.69, 9.17) is 21.3 Å². The zero-order valence-corrected chi connectivity index (χ0v) is 25.8. The van der Waals surface area contributed by atoms with Gasteiger partial charge in [-0.05, 0) is 101 Å². The molecule has 1 fully saturated rings. The van der Waals surface area contributed by atoms with Crippen molar-refractivity contribution in [3.63, 3.8) is 0 Å². The number of ether oxygens (including phenoxy) is 1. The molecule has 0 atom stereocenters. The number of nitrogens with one attached hydrogen (secondary N) is 1. The number of aromatic nitrogens is 1. The van der Waals surface area contributed by atoms with Gasteiger partial charge in [-0.15, -0.1) is 12.4 Å². The Hall–Kier alpha value is -3.17. The number of nitrogens with zero attached hydrogens (tertiary/aromatic N) is 2. The van der Waals surface area contributed by atoms with Gasteiger partial charge < -0.3 is 25.2 Å². The molecule has 2 aromatic carbocycles. The summed E-state index contributed by atoms with van der Waals surface area (Å²) in [5, 5.41) is 23.1. The topological polar surface area (TPSA) is 112 Å². The fourth-order valence-corrected chi connectivity index (χ4v) is 5.31. The largest absolute Gasteiger partial charge is 0.492 e. The molecule has 0 saturated heterocycles. The third-order valence-electron chi connectivity index (χ3n) is 7.60. The standard InChI is InChI=1S/C32H38ClN3O5.ClH/c1-21-8-4-5-9-24(21)25-11-13-27(30(38)35-32(31(39)40)16-14-23(37)15-17-32)34-29(25)22-10-12-26(33)28(20-22)41-19-7-6-18-36(2)3;/h4-5,8-13,20,23,37H,6-7,14-19H2,1-3H3,(H,35,38)(H,39,40);1H. The van der Waals surface area contributed by atoms with Crippen LogP contribution in [0.15, 0.2) is 54.6 Å². The fraction of sp³-hybridized carbons (Fsp3) is 0.406. The molecule has 0 spiro atoms. The third-order valence-corrected chi connectivity index (χ3v) is 7.91. The zero-order valence-electron chi connectivity index (χ0n) is 24.2. The lowest BCUT2D eigenvalue weighted by Gasteiger charge is -2.35. The number of unbranched alkanes of at least 4 members (excludes halogenated alkanes) is 1. The predicted octanol–water partition coefficient (Wildman–Crippen LogP) is 6.01. The van der Waals surface area contributed by atoms with Crippen molar-refractivity contribution >= 4 is 35.9 Å². The second-order valence-corrected chi connectivity index (χ2v) is 11.4. The molecule has 0 radical (unpaired) electrons. The second-order valence-electron chi connectivity index (χ2n) is 11.0. The monoisotopic (exact) mass is 615 g/mol. The molecular weight excluding hydrogens is 577 g/mol. The molecule has 4 rings (SSSR count). The Balaban J connectivity index is 0.00000484. The first kappa shape index (κ1) is 33.3. The SMILES string of the molecule is Cc1ccccc1-c1ccc(C(=O)NC2(C(=O)O)CCC(O)CC2)nc1-c1ccc(Cl)c(OCCCCN(C)C)c1.Cl. The molecule has 10 heteroatoms. The van der Waals surface area contributed by atoms with Gasteiger partial charge in [0, 0.05) is 11.1 Å². The van der Waals surface area contributed by atoms with Crippen LogP contribution in [0.3, 0.4) is 0 Å². The number of aliphatic carboxylic acids is 1. The molecule has 3 aromatic rings. The Bertz CT molecular complexity index is 1390. The van der Waals surface area contributed by atoms with Crippen LogP contribution in [-0.4, -0.2) is 70.9 Å². The van der Waals surface area contributed by atoms with Crippen molar-refractivity contribution in [1.29, 1.82) is 0 Å². The number of halogens is 2. The molecule has 3 N–H and O–H groups in total. The minimum absolute atomic E-state index is 0. The van der Waals surface area contributed by atoms with Crippen molar-refractivity contribution in [3.8, 4) is 28.1 Å². The average molecular weight is 617 g/mol. The van der Waals surface area contributed by atoms with Crippen LogP contribution in [0.25, 0.3) is 22.4 Å². The first-order valence-electron chi connectivity index (χ1n) is 14.0. The summed E-state index contributed by atoms with van der Waals surface area (Å²) in [6.45, 7) is 3.50. The molecule has 226 valence electrons. The summed E-state index contributed by atoms with van der Waals surface area (Å²) < 4.78 is 6.03. The number of carbonyl (C=O) groups excluding carboxylic acids is 1. The maximum Gasteiger partial charge on any atom is 0.329 e. The van der Waals surface area contributed by atoms with E-state index < -0.39 is 23.5 Å². The zero-order chi connectivity index (χ0) is 29.6. The molecule has 1 heterocycles. The van der Waals surface area contributed by atoms with Gasteiger partial charge >= 0.3 is 5.97 Å². The van der Waals surface area contributed by atoms with E-state index in [1.807, 2.05) is 63.5 Å². The van der Waals surface area contributed by atoms with Gasteiger partial charge in [0.05, 0.1) is 23.4 Å². The Morgan fingerprint density at radius 2 is 1.79 bits per heavy atom. The quantitative estimate of drug-likeness (QED) is 0.226. The Morgan fingerprint density at radius 3 is 2.45 bits per heavy atom. The van der Waals surface area contributed by atoms with E-state index in [2.05, 4.69) is 10.2 Å². The van der Waals surface area contributed by atoms with Crippen molar-refractivity contribution < 1.29 is 24.5 Å². The minimum Gasteiger partial charge on any atom is -0.492 e. The van der Waals surface area contributed by atoms with E-state index >= 15 is 0 Å². The summed E-state index contributed by atoms with van der Waals surface area (Å²) >= 11 is 6.48. The van der Waals surface area contributed by atoms with E-state index in [1.165, 1.54) is 0 Å². The van der Waals surface area contributed by atoms with Gasteiger partial charge in [-0.2, -0.15) is 0 Å². The second kappa shape index (κ2) is 14.8. The number of benzene rings is 2. The van der Waals surface area contributed by atoms with Gasteiger partial charge in [-0.25, -0.2) is 9.78 Å². The average Bonchev–Trinajstić information content (AvgIpc) is 2.95. The third kappa shape index (κ3) is 8.01. The molecule has 1 amide bonds. The number of carbonyl (C=O) groups is 2. The van der Waals surface area contributed by atoms with E-state index in [0.717, 1.165) is 41.6 Å². The van der Waals surface area contributed by atoms with Gasteiger partial charge in [-0.1, -0.05) is 41.9 Å². The van der Waals surface area contributed by atoms with E-state index in [1.54, 1.807) is 12.1 Å². The highest BCUT2D eigenvalue weighted by Gasteiger charge is 2.43. The minimum atomic E-state index is -1.44. The number of aryl methyl sites for hydroxylation is 1. The lowest BCUT2D eigenvalue weighted by molar-refractivity contribution is -0.146. The summed E-state index contributed by atoms with van der Waals surface area (Å²) in [7, 11) is 4.07. The van der Waals surface area contributed by atoms with Crippen LogP contribution in [0.2, 0.25) is 5.02 Å². The Labute approximate surface area is 258 Å². The highest BCUT2D eigenvalue weighted by molar-refractivity contribution is 6.32. The normalized spacial score (nSPS) is 18.3. The van der Waals surface area contributed by atoms with Gasteiger partial charge in [-0.3, -0.25) is 4.79 Å². The van der Waals surface area contributed by atoms with Crippen molar-refractivity contribution in [2.24, 2.45) is 0 Å². The van der Waals surface area contributed by atoms with Crippen molar-refractivity contribution in [1.82, 2.24) is 15.2 Å². The number of rotatable bonds is 11. The van der Waals surface area contributed by atoms with Gasteiger partial charge in [0.1, 0.15) is 17.0 Å². The molecule has 0 bridgehead atoms. The molecule has 8 nitrogen and oxygen atoms in total. The lowest BCUT2D eigenvalue weighted by atomic mass is 9.80. The van der Waals surface area contributed by atoms with Crippen molar-refractivity contribution in [3.05, 3.63) is 70.9 Å². The summed E-state index contributed by atoms with van der Waals surface area (Å²) in [6, 6.07) is 16.8. The number of hydrogen-bond donors (Lipinski definition) is 3. The van der Waals surface area contributed by atoms with Gasteiger partial charge in [0.25, 0.3) is 5.91 Å². The van der Waals surface area contributed by atoms with Crippen LogP contribution in [-0.2, 0) is 4.79 Å². The van der Waals surface area contributed by atoms with Crippen LogP contribution < -0.4 is 10.1 Å². The number of hydrogen-bond acceptors (Lipinski definition) is 6. The highest BCUT2D eigenvalue weighted by Crippen LogP contribution is 2.37. The first-order valence-corrected chi connectivity index (χ1v) is 14.4. The molecule has 0 aliphatic heterocycles. The van der Waals surface area contributed by atoms with E-state index in [9.17, 15) is 19.8 Å². The molecule has 0 unspecified atom stereocenters. The number of aliphatic hydroxyl groups is 1. The molecular formula is C32H39Cl2N3O5. The van der Waals surface area contributed by atoms with Crippen LogP contribution in [0.1, 0.15) is 54.6 Å². The molecule has 1 saturated carbocycles. The smallest absolute Gasteiger partial charge is 0.329 e. The Kier molecular flexibility index (Phi) is 11.8. The number of amides is 1. The van der Waals surface area contributed by atoms with Crippen molar-refractivity contribution in [2.45, 2.75) is 57.1 Å². The molecule has 1 aliphatic rings. The molecule has 42 heavy (non-hydrogen) atoms. The number of carboxylic acids is 1. The summed E-state index contributed by atoms with van der Waals surface area (Å²) in [4.78, 5) is 32.5. The van der Waals surface area contributed by atoms with Crippen LogP contribution in [0.5, 0.6) is 5.75 Å².